The SMILES string of the molecule is CCc1cccc(-c2cc(C(=O)O)no2)c1OC. The number of ether oxygens (including phenoxy) is 1. The lowest BCUT2D eigenvalue weighted by Crippen LogP contribution is -1.95. The molecular formula is C13H13NO4. The van der Waals surface area contributed by atoms with E-state index in [-0.39, 0.29) is 5.69 Å². The van der Waals surface area contributed by atoms with Crippen LogP contribution in [-0.2, 0) is 6.42 Å². The molecule has 5 nitrogen and oxygen atoms in total. The van der Waals surface area contributed by atoms with Gasteiger partial charge in [0, 0.05) is 6.07 Å². The van der Waals surface area contributed by atoms with Gasteiger partial charge in [-0.25, -0.2) is 4.79 Å². The predicted molar refractivity (Wildman–Crippen MR) is 64.8 cm³/mol. The topological polar surface area (TPSA) is 72.6 Å². The average Bonchev–Trinajstić information content (AvgIpc) is 2.87. The van der Waals surface area contributed by atoms with Crippen molar-refractivity contribution in [3.63, 3.8) is 0 Å². The second kappa shape index (κ2) is 4.91. The molecule has 1 aromatic heterocycles. The fourth-order valence-electron chi connectivity index (χ4n) is 1.80. The number of aromatic carboxylic acids is 1. The Hall–Kier alpha value is -2.30. The predicted octanol–water partition coefficient (Wildman–Crippen LogP) is 2.61. The molecule has 0 saturated carbocycles. The third-order valence-electron chi connectivity index (χ3n) is 2.68. The number of methoxy groups -OCH3 is 1. The highest BCUT2D eigenvalue weighted by Crippen LogP contribution is 2.33. The minimum Gasteiger partial charge on any atom is -0.496 e. The Morgan fingerprint density at radius 2 is 2.28 bits per heavy atom. The third kappa shape index (κ3) is 2.07. The van der Waals surface area contributed by atoms with Crippen molar-refractivity contribution in [2.75, 3.05) is 7.11 Å². The first-order valence-corrected chi connectivity index (χ1v) is 5.53. The van der Waals surface area contributed by atoms with Crippen molar-refractivity contribution in [2.24, 2.45) is 0 Å². The summed E-state index contributed by atoms with van der Waals surface area (Å²) in [7, 11) is 1.58. The summed E-state index contributed by atoms with van der Waals surface area (Å²) in [4.78, 5) is 10.8. The van der Waals surface area contributed by atoms with Gasteiger partial charge in [0.1, 0.15) is 5.75 Å². The second-order valence-electron chi connectivity index (χ2n) is 3.73. The van der Waals surface area contributed by atoms with E-state index in [0.29, 0.717) is 17.1 Å². The van der Waals surface area contributed by atoms with Crippen LogP contribution in [0.4, 0.5) is 0 Å². The number of hydrogen-bond acceptors (Lipinski definition) is 4. The molecule has 0 aliphatic heterocycles. The zero-order valence-corrected chi connectivity index (χ0v) is 10.1. The summed E-state index contributed by atoms with van der Waals surface area (Å²) in [6.45, 7) is 2.02. The van der Waals surface area contributed by atoms with E-state index in [9.17, 15) is 4.79 Å². The Morgan fingerprint density at radius 3 is 2.83 bits per heavy atom. The van der Waals surface area contributed by atoms with Crippen molar-refractivity contribution in [2.45, 2.75) is 13.3 Å². The minimum atomic E-state index is -1.12. The van der Waals surface area contributed by atoms with Gasteiger partial charge >= 0.3 is 5.97 Å². The van der Waals surface area contributed by atoms with Crippen molar-refractivity contribution in [3.8, 4) is 17.1 Å². The van der Waals surface area contributed by atoms with Gasteiger partial charge in [0.25, 0.3) is 0 Å². The van der Waals surface area contributed by atoms with E-state index in [1.165, 1.54) is 6.07 Å². The van der Waals surface area contributed by atoms with E-state index in [2.05, 4.69) is 5.16 Å². The summed E-state index contributed by atoms with van der Waals surface area (Å²) in [6.07, 6.45) is 0.816. The standard InChI is InChI=1S/C13H13NO4/c1-3-8-5-4-6-9(12(8)17-2)11-7-10(13(15)16)14-18-11/h4-7H,3H2,1-2H3,(H,15,16). The number of benzene rings is 1. The smallest absolute Gasteiger partial charge is 0.358 e. The van der Waals surface area contributed by atoms with Crippen molar-refractivity contribution in [1.29, 1.82) is 0 Å². The van der Waals surface area contributed by atoms with Gasteiger partial charge in [0.05, 0.1) is 12.7 Å². The van der Waals surface area contributed by atoms with E-state index in [0.717, 1.165) is 12.0 Å². The van der Waals surface area contributed by atoms with Crippen molar-refractivity contribution >= 4 is 5.97 Å². The monoisotopic (exact) mass is 247 g/mol. The van der Waals surface area contributed by atoms with Crippen LogP contribution in [-0.4, -0.2) is 23.3 Å². The van der Waals surface area contributed by atoms with Crippen LogP contribution in [0.2, 0.25) is 0 Å². The maximum Gasteiger partial charge on any atom is 0.358 e. The molecule has 94 valence electrons. The summed E-state index contributed by atoms with van der Waals surface area (Å²) in [5, 5.41) is 12.3. The molecule has 18 heavy (non-hydrogen) atoms. The first-order chi connectivity index (χ1) is 8.67. The van der Waals surface area contributed by atoms with Crippen molar-refractivity contribution in [1.82, 2.24) is 5.16 Å². The maximum atomic E-state index is 10.8. The molecular weight excluding hydrogens is 234 g/mol. The Labute approximate surface area is 104 Å². The first kappa shape index (κ1) is 12.2. The van der Waals surface area contributed by atoms with Gasteiger partial charge in [-0.2, -0.15) is 0 Å². The molecule has 1 N–H and O–H groups in total. The quantitative estimate of drug-likeness (QED) is 0.899. The second-order valence-corrected chi connectivity index (χ2v) is 3.73. The number of carbonyl (C=O) groups is 1. The Balaban J connectivity index is 2.52. The molecule has 0 amide bonds. The number of para-hydroxylation sites is 1. The minimum absolute atomic E-state index is 0.117. The fraction of sp³-hybridized carbons (Fsp3) is 0.231. The summed E-state index contributed by atoms with van der Waals surface area (Å²) < 4.78 is 10.4. The number of nitrogens with zero attached hydrogens (tertiary/aromatic N) is 1. The molecule has 1 heterocycles. The molecule has 0 spiro atoms. The van der Waals surface area contributed by atoms with Crippen molar-refractivity contribution < 1.29 is 19.2 Å². The van der Waals surface area contributed by atoms with Gasteiger partial charge in [-0.15, -0.1) is 0 Å². The maximum absolute atomic E-state index is 10.8. The average molecular weight is 247 g/mol. The molecule has 0 saturated heterocycles. The first-order valence-electron chi connectivity index (χ1n) is 5.53. The Bertz CT molecular complexity index is 574. The van der Waals surface area contributed by atoms with Crippen LogP contribution in [0.3, 0.4) is 0 Å². The van der Waals surface area contributed by atoms with Gasteiger partial charge in [-0.05, 0) is 18.1 Å². The Morgan fingerprint density at radius 1 is 1.50 bits per heavy atom. The fourth-order valence-corrected chi connectivity index (χ4v) is 1.80. The third-order valence-corrected chi connectivity index (χ3v) is 2.68. The normalized spacial score (nSPS) is 10.3. The number of hydrogen-bond donors (Lipinski definition) is 1. The van der Waals surface area contributed by atoms with Crippen LogP contribution in [0, 0.1) is 0 Å². The molecule has 1 aromatic carbocycles. The summed E-state index contributed by atoms with van der Waals surface area (Å²) in [6, 6.07) is 7.03. The highest BCUT2D eigenvalue weighted by Gasteiger charge is 2.16. The highest BCUT2D eigenvalue weighted by molar-refractivity contribution is 5.86. The molecule has 2 aromatic rings. The van der Waals surface area contributed by atoms with Crippen LogP contribution in [0.25, 0.3) is 11.3 Å². The lowest BCUT2D eigenvalue weighted by atomic mass is 10.0. The van der Waals surface area contributed by atoms with Gasteiger partial charge < -0.3 is 14.4 Å². The van der Waals surface area contributed by atoms with E-state index < -0.39 is 5.97 Å². The van der Waals surface area contributed by atoms with E-state index in [1.807, 2.05) is 25.1 Å². The van der Waals surface area contributed by atoms with Crippen LogP contribution in [0.1, 0.15) is 23.0 Å². The summed E-state index contributed by atoms with van der Waals surface area (Å²) >= 11 is 0. The van der Waals surface area contributed by atoms with E-state index in [4.69, 9.17) is 14.4 Å². The molecule has 0 radical (unpaired) electrons. The number of aromatic nitrogens is 1. The van der Waals surface area contributed by atoms with Crippen molar-refractivity contribution in [3.05, 3.63) is 35.5 Å². The van der Waals surface area contributed by atoms with E-state index >= 15 is 0 Å². The molecule has 0 bridgehead atoms. The zero-order chi connectivity index (χ0) is 13.1. The molecule has 2 rings (SSSR count). The lowest BCUT2D eigenvalue weighted by molar-refractivity contribution is 0.0686. The van der Waals surface area contributed by atoms with E-state index in [1.54, 1.807) is 7.11 Å². The number of carboxylic acids is 1. The summed E-state index contributed by atoms with van der Waals surface area (Å²) in [5.41, 5.74) is 1.62. The molecule has 0 aliphatic rings. The number of carboxylic acid groups (broad SMARTS) is 1. The summed E-state index contributed by atoms with van der Waals surface area (Å²) in [5.74, 6) is -0.0387. The number of aryl methyl sites for hydroxylation is 1. The van der Waals surface area contributed by atoms with Crippen LogP contribution in [0.5, 0.6) is 5.75 Å². The Kier molecular flexibility index (Phi) is 3.32. The molecule has 0 unspecified atom stereocenters. The molecule has 5 heteroatoms. The van der Waals surface area contributed by atoms with Gasteiger partial charge in [0.15, 0.2) is 11.5 Å². The van der Waals surface area contributed by atoms with Crippen LogP contribution in [0.15, 0.2) is 28.8 Å². The van der Waals surface area contributed by atoms with Crippen LogP contribution >= 0.6 is 0 Å². The molecule has 0 atom stereocenters. The zero-order valence-electron chi connectivity index (χ0n) is 10.1. The van der Waals surface area contributed by atoms with Gasteiger partial charge in [-0.3, -0.25) is 0 Å². The van der Waals surface area contributed by atoms with Gasteiger partial charge in [0.2, 0.25) is 0 Å². The van der Waals surface area contributed by atoms with Crippen LogP contribution < -0.4 is 4.74 Å². The highest BCUT2D eigenvalue weighted by atomic mass is 16.5. The lowest BCUT2D eigenvalue weighted by Gasteiger charge is -2.09. The van der Waals surface area contributed by atoms with Gasteiger partial charge in [-0.1, -0.05) is 24.2 Å². The number of rotatable bonds is 4. The largest absolute Gasteiger partial charge is 0.496 e. The molecule has 0 aliphatic carbocycles. The molecule has 0 fully saturated rings.